The van der Waals surface area contributed by atoms with Gasteiger partial charge in [-0.1, -0.05) is 42.5 Å². The van der Waals surface area contributed by atoms with Gasteiger partial charge in [-0.15, -0.1) is 0 Å². The summed E-state index contributed by atoms with van der Waals surface area (Å²) in [7, 11) is 0. The average Bonchev–Trinajstić information content (AvgIpc) is 3.72. The molecular formula is C28H24N2. The lowest BCUT2D eigenvalue weighted by molar-refractivity contribution is 0.930. The predicted octanol–water partition coefficient (Wildman–Crippen LogP) is 7.33. The number of benzene rings is 3. The molecular weight excluding hydrogens is 364 g/mol. The monoisotopic (exact) mass is 388 g/mol. The van der Waals surface area contributed by atoms with E-state index in [9.17, 15) is 0 Å². The van der Waals surface area contributed by atoms with Crippen molar-refractivity contribution in [1.82, 2.24) is 9.13 Å². The summed E-state index contributed by atoms with van der Waals surface area (Å²) in [6.45, 7) is 0. The molecule has 0 unspecified atom stereocenters. The Balaban J connectivity index is 1.46. The van der Waals surface area contributed by atoms with Gasteiger partial charge in [0.2, 0.25) is 0 Å². The molecule has 0 N–H and O–H groups in total. The van der Waals surface area contributed by atoms with Crippen LogP contribution in [0.4, 0.5) is 0 Å². The Bertz CT molecular complexity index is 1300. The maximum atomic E-state index is 2.50. The van der Waals surface area contributed by atoms with Gasteiger partial charge in [0.15, 0.2) is 0 Å². The molecule has 2 aliphatic rings. The Hall–Kier alpha value is -3.26. The van der Waals surface area contributed by atoms with Crippen LogP contribution in [-0.4, -0.2) is 9.13 Å². The van der Waals surface area contributed by atoms with Crippen LogP contribution in [0.1, 0.15) is 48.9 Å². The molecule has 2 nitrogen and oxygen atoms in total. The van der Waals surface area contributed by atoms with Gasteiger partial charge in [0, 0.05) is 33.5 Å². The lowest BCUT2D eigenvalue weighted by Crippen LogP contribution is -2.03. The molecule has 7 rings (SSSR count). The standard InChI is InChI=1S/C28H24N2/c1-3-10-25-21(6-1)16-27(19-12-13-19)29(25)23-8-5-9-24(18-23)30-26-11-4-2-7-22(26)17-28(30)20-14-15-20/h1-11,16-20H,12-15H2. The molecule has 2 aromatic heterocycles. The van der Waals surface area contributed by atoms with E-state index in [2.05, 4.69) is 94.1 Å². The van der Waals surface area contributed by atoms with Crippen LogP contribution in [0.3, 0.4) is 0 Å². The molecule has 2 fully saturated rings. The molecule has 0 atom stereocenters. The van der Waals surface area contributed by atoms with E-state index in [0.29, 0.717) is 11.8 Å². The van der Waals surface area contributed by atoms with E-state index in [1.165, 1.54) is 70.3 Å². The van der Waals surface area contributed by atoms with Crippen LogP contribution in [-0.2, 0) is 0 Å². The Morgan fingerprint density at radius 2 is 0.967 bits per heavy atom. The molecule has 0 spiro atoms. The third-order valence-corrected chi connectivity index (χ3v) is 6.82. The third kappa shape index (κ3) is 2.50. The predicted molar refractivity (Wildman–Crippen MR) is 124 cm³/mol. The number of hydrogen-bond acceptors (Lipinski definition) is 0. The van der Waals surface area contributed by atoms with Gasteiger partial charge in [0.25, 0.3) is 0 Å². The zero-order chi connectivity index (χ0) is 19.7. The molecule has 2 aliphatic carbocycles. The first-order valence-corrected chi connectivity index (χ1v) is 11.2. The molecule has 2 heteroatoms. The Kier molecular flexibility index (Phi) is 3.37. The summed E-state index contributed by atoms with van der Waals surface area (Å²) >= 11 is 0. The van der Waals surface area contributed by atoms with Gasteiger partial charge < -0.3 is 9.13 Å². The molecule has 30 heavy (non-hydrogen) atoms. The van der Waals surface area contributed by atoms with Crippen molar-refractivity contribution < 1.29 is 0 Å². The molecule has 146 valence electrons. The normalized spacial score (nSPS) is 16.5. The van der Waals surface area contributed by atoms with Gasteiger partial charge in [-0.2, -0.15) is 0 Å². The highest BCUT2D eigenvalue weighted by Gasteiger charge is 2.30. The minimum atomic E-state index is 0.704. The number of fused-ring (bicyclic) bond motifs is 2. The second-order valence-corrected chi connectivity index (χ2v) is 9.00. The number of para-hydroxylation sites is 2. The van der Waals surface area contributed by atoms with E-state index >= 15 is 0 Å². The zero-order valence-corrected chi connectivity index (χ0v) is 17.0. The fourth-order valence-electron chi connectivity index (χ4n) is 5.06. The van der Waals surface area contributed by atoms with E-state index in [4.69, 9.17) is 0 Å². The molecule has 2 heterocycles. The lowest BCUT2D eigenvalue weighted by Gasteiger charge is -2.15. The van der Waals surface area contributed by atoms with E-state index in [0.717, 1.165) is 0 Å². The van der Waals surface area contributed by atoms with Crippen LogP contribution >= 0.6 is 0 Å². The van der Waals surface area contributed by atoms with Crippen molar-refractivity contribution in [2.45, 2.75) is 37.5 Å². The topological polar surface area (TPSA) is 9.86 Å². The Morgan fingerprint density at radius 1 is 0.500 bits per heavy atom. The quantitative estimate of drug-likeness (QED) is 0.305. The minimum absolute atomic E-state index is 0.704. The number of aromatic nitrogens is 2. The second-order valence-electron chi connectivity index (χ2n) is 9.00. The molecule has 0 amide bonds. The second kappa shape index (κ2) is 6.12. The maximum Gasteiger partial charge on any atom is 0.0531 e. The third-order valence-electron chi connectivity index (χ3n) is 6.82. The van der Waals surface area contributed by atoms with Crippen molar-refractivity contribution in [1.29, 1.82) is 0 Å². The summed E-state index contributed by atoms with van der Waals surface area (Å²) in [5.74, 6) is 1.41. The lowest BCUT2D eigenvalue weighted by atomic mass is 10.2. The van der Waals surface area contributed by atoms with Crippen molar-refractivity contribution >= 4 is 21.8 Å². The van der Waals surface area contributed by atoms with Gasteiger partial charge >= 0.3 is 0 Å². The highest BCUT2D eigenvalue weighted by Crippen LogP contribution is 2.45. The van der Waals surface area contributed by atoms with E-state index in [-0.39, 0.29) is 0 Å². The molecule has 3 aromatic carbocycles. The van der Waals surface area contributed by atoms with E-state index in [1.807, 2.05) is 0 Å². The van der Waals surface area contributed by atoms with Crippen LogP contribution in [0, 0.1) is 0 Å². The fraction of sp³-hybridized carbons (Fsp3) is 0.214. The van der Waals surface area contributed by atoms with Crippen LogP contribution in [0.15, 0.2) is 84.9 Å². The number of nitrogens with zero attached hydrogens (tertiary/aromatic N) is 2. The molecule has 0 radical (unpaired) electrons. The van der Waals surface area contributed by atoms with Gasteiger partial charge in [0.05, 0.1) is 11.0 Å². The van der Waals surface area contributed by atoms with Gasteiger partial charge in [-0.25, -0.2) is 0 Å². The zero-order valence-electron chi connectivity index (χ0n) is 17.0. The molecule has 0 saturated heterocycles. The van der Waals surface area contributed by atoms with Crippen molar-refractivity contribution in [2.24, 2.45) is 0 Å². The number of hydrogen-bond donors (Lipinski definition) is 0. The first kappa shape index (κ1) is 16.5. The highest BCUT2D eigenvalue weighted by atomic mass is 15.0. The Morgan fingerprint density at radius 3 is 1.43 bits per heavy atom. The summed E-state index contributed by atoms with van der Waals surface area (Å²) < 4.78 is 5.00. The highest BCUT2D eigenvalue weighted by molar-refractivity contribution is 5.85. The van der Waals surface area contributed by atoms with Gasteiger partial charge in [-0.3, -0.25) is 0 Å². The summed E-state index contributed by atoms with van der Waals surface area (Å²) in [5.41, 5.74) is 8.11. The first-order valence-electron chi connectivity index (χ1n) is 11.2. The summed E-state index contributed by atoms with van der Waals surface area (Å²) in [6.07, 6.45) is 5.24. The maximum absolute atomic E-state index is 2.50. The first-order chi connectivity index (χ1) is 14.9. The molecule has 5 aromatic rings. The van der Waals surface area contributed by atoms with E-state index in [1.54, 1.807) is 0 Å². The SMILES string of the molecule is c1cc(-n2c(C3CC3)cc3ccccc32)cc(-n2c(C3CC3)cc3ccccc32)c1. The average molecular weight is 389 g/mol. The smallest absolute Gasteiger partial charge is 0.0531 e. The van der Waals surface area contributed by atoms with Crippen molar-refractivity contribution in [3.8, 4) is 11.4 Å². The fourth-order valence-corrected chi connectivity index (χ4v) is 5.06. The van der Waals surface area contributed by atoms with Crippen molar-refractivity contribution in [3.05, 3.63) is 96.3 Å². The van der Waals surface area contributed by atoms with Gasteiger partial charge in [-0.05, 0) is 80.0 Å². The molecule has 0 bridgehead atoms. The summed E-state index contributed by atoms with van der Waals surface area (Å²) in [5, 5.41) is 2.68. The van der Waals surface area contributed by atoms with Gasteiger partial charge in [0.1, 0.15) is 0 Å². The summed E-state index contributed by atoms with van der Waals surface area (Å²) in [4.78, 5) is 0. The van der Waals surface area contributed by atoms with Crippen molar-refractivity contribution in [2.75, 3.05) is 0 Å². The largest absolute Gasteiger partial charge is 0.313 e. The minimum Gasteiger partial charge on any atom is -0.313 e. The molecule has 2 saturated carbocycles. The van der Waals surface area contributed by atoms with Crippen LogP contribution in [0.25, 0.3) is 33.2 Å². The van der Waals surface area contributed by atoms with Crippen LogP contribution in [0.2, 0.25) is 0 Å². The van der Waals surface area contributed by atoms with Crippen LogP contribution < -0.4 is 0 Å². The number of rotatable bonds is 4. The van der Waals surface area contributed by atoms with E-state index < -0.39 is 0 Å². The Labute approximate surface area is 176 Å². The van der Waals surface area contributed by atoms with Crippen LogP contribution in [0.5, 0.6) is 0 Å². The van der Waals surface area contributed by atoms with Crippen molar-refractivity contribution in [3.63, 3.8) is 0 Å². The summed E-state index contributed by atoms with van der Waals surface area (Å²) in [6, 6.07) is 31.6. The molecule has 0 aliphatic heterocycles.